The van der Waals surface area contributed by atoms with Crippen LogP contribution in [0.1, 0.15) is 53.8 Å². The molecule has 4 rings (SSSR count). The van der Waals surface area contributed by atoms with Gasteiger partial charge < -0.3 is 4.74 Å². The van der Waals surface area contributed by atoms with Gasteiger partial charge in [0.1, 0.15) is 12.1 Å². The Labute approximate surface area is 215 Å². The van der Waals surface area contributed by atoms with Crippen molar-refractivity contribution in [3.63, 3.8) is 0 Å². The number of rotatable bonds is 9. The van der Waals surface area contributed by atoms with Crippen LogP contribution in [0, 0.1) is 5.82 Å². The number of nitrogens with zero attached hydrogens (tertiary/aromatic N) is 3. The highest BCUT2D eigenvalue weighted by Crippen LogP contribution is 2.41. The predicted octanol–water partition coefficient (Wildman–Crippen LogP) is 6.38. The minimum Gasteiger partial charge on any atom is -0.377 e. The number of aromatic amines is 1. The molecule has 0 aliphatic heterocycles. The predicted molar refractivity (Wildman–Crippen MR) is 125 cm³/mol. The van der Waals surface area contributed by atoms with Gasteiger partial charge in [0.25, 0.3) is 0 Å². The molecule has 1 N–H and O–H groups in total. The van der Waals surface area contributed by atoms with Crippen molar-refractivity contribution in [2.75, 3.05) is 13.2 Å². The third kappa shape index (κ3) is 6.71. The SMILES string of the molecule is CCN(Cc1nc[nH]n1)[C@@H]1CC[C@H](OCCc2cc(C(F)(F)F)cc(C(F)(F)F)c2)[C@H]1c1ccc(F)cc1. The Kier molecular flexibility index (Phi) is 8.41. The zero-order chi connectivity index (χ0) is 27.5. The van der Waals surface area contributed by atoms with Crippen LogP contribution in [0.15, 0.2) is 48.8 Å². The Morgan fingerprint density at radius 1 is 0.974 bits per heavy atom. The summed E-state index contributed by atoms with van der Waals surface area (Å²) in [5.41, 5.74) is -1.97. The third-order valence-electron chi connectivity index (χ3n) is 6.87. The maximum Gasteiger partial charge on any atom is 0.416 e. The summed E-state index contributed by atoms with van der Waals surface area (Å²) in [5.74, 6) is 0.0275. The van der Waals surface area contributed by atoms with Crippen LogP contribution in [0.4, 0.5) is 30.7 Å². The second-order valence-electron chi connectivity index (χ2n) is 9.27. The van der Waals surface area contributed by atoms with Gasteiger partial charge in [0.15, 0.2) is 5.82 Å². The molecule has 0 bridgehead atoms. The molecular formula is C26H27F7N4O. The number of benzene rings is 2. The molecule has 2 aromatic carbocycles. The van der Waals surface area contributed by atoms with Crippen LogP contribution in [0.3, 0.4) is 0 Å². The summed E-state index contributed by atoms with van der Waals surface area (Å²) in [6, 6.07) is 7.62. The van der Waals surface area contributed by atoms with E-state index in [2.05, 4.69) is 20.1 Å². The van der Waals surface area contributed by atoms with E-state index in [1.54, 1.807) is 12.1 Å². The molecule has 1 aromatic heterocycles. The standard InChI is InChI=1S/C26H27F7N4O/c1-2-37(14-23-34-15-35-36-23)21-7-8-22(24(21)17-3-5-20(27)6-4-17)38-10-9-16-11-18(25(28,29)30)13-19(12-16)26(31,32)33/h3-6,11-13,15,21-22,24H,2,7-10,14H2,1H3,(H,34,35,36)/t21-,22+,24+/m1/s1. The summed E-state index contributed by atoms with van der Waals surface area (Å²) in [6.45, 7) is 3.07. The Morgan fingerprint density at radius 2 is 1.63 bits per heavy atom. The van der Waals surface area contributed by atoms with Crippen molar-refractivity contribution in [1.29, 1.82) is 0 Å². The number of H-pyrrole nitrogens is 1. The summed E-state index contributed by atoms with van der Waals surface area (Å²) in [4.78, 5) is 6.37. The molecule has 0 radical (unpaired) electrons. The first-order valence-corrected chi connectivity index (χ1v) is 12.2. The fourth-order valence-electron chi connectivity index (χ4n) is 5.11. The average Bonchev–Trinajstić information content (AvgIpc) is 3.52. The highest BCUT2D eigenvalue weighted by atomic mass is 19.4. The molecule has 1 saturated carbocycles. The van der Waals surface area contributed by atoms with E-state index in [0.29, 0.717) is 25.3 Å². The summed E-state index contributed by atoms with van der Waals surface area (Å²) in [7, 11) is 0. The number of likely N-dealkylation sites (N-methyl/N-ethyl adjacent to an activating group) is 1. The Hall–Kier alpha value is -2.99. The highest BCUT2D eigenvalue weighted by Gasteiger charge is 2.41. The summed E-state index contributed by atoms with van der Waals surface area (Å²) in [6.07, 6.45) is -7.47. The lowest BCUT2D eigenvalue weighted by Crippen LogP contribution is -2.39. The van der Waals surface area contributed by atoms with Gasteiger partial charge in [-0.1, -0.05) is 19.1 Å². The molecule has 12 heteroatoms. The highest BCUT2D eigenvalue weighted by molar-refractivity contribution is 5.34. The van der Waals surface area contributed by atoms with E-state index in [4.69, 9.17) is 4.74 Å². The molecule has 1 fully saturated rings. The fourth-order valence-corrected chi connectivity index (χ4v) is 5.11. The number of hydrogen-bond donors (Lipinski definition) is 1. The number of halogens is 7. The van der Waals surface area contributed by atoms with Crippen LogP contribution >= 0.6 is 0 Å². The molecule has 3 atom stereocenters. The van der Waals surface area contributed by atoms with Crippen molar-refractivity contribution in [1.82, 2.24) is 20.1 Å². The summed E-state index contributed by atoms with van der Waals surface area (Å²) in [5, 5.41) is 6.80. The summed E-state index contributed by atoms with van der Waals surface area (Å²) < 4.78 is 99.1. The molecule has 1 aliphatic rings. The van der Waals surface area contributed by atoms with Gasteiger partial charge in [-0.3, -0.25) is 10.00 Å². The van der Waals surface area contributed by atoms with Crippen LogP contribution in [0.25, 0.3) is 0 Å². The quantitative estimate of drug-likeness (QED) is 0.318. The monoisotopic (exact) mass is 544 g/mol. The lowest BCUT2D eigenvalue weighted by Gasteiger charge is -2.33. The van der Waals surface area contributed by atoms with Gasteiger partial charge >= 0.3 is 12.4 Å². The zero-order valence-corrected chi connectivity index (χ0v) is 20.5. The third-order valence-corrected chi connectivity index (χ3v) is 6.87. The van der Waals surface area contributed by atoms with E-state index >= 15 is 0 Å². The molecule has 3 aromatic rings. The lowest BCUT2D eigenvalue weighted by atomic mass is 9.91. The van der Waals surface area contributed by atoms with E-state index in [-0.39, 0.29) is 48.5 Å². The van der Waals surface area contributed by atoms with E-state index in [1.165, 1.54) is 18.5 Å². The van der Waals surface area contributed by atoms with E-state index in [0.717, 1.165) is 24.1 Å². The molecule has 206 valence electrons. The number of ether oxygens (including phenoxy) is 1. The average molecular weight is 545 g/mol. The Bertz CT molecular complexity index is 1150. The molecule has 0 saturated heterocycles. The molecule has 0 amide bonds. The minimum absolute atomic E-state index is 0.0145. The molecule has 38 heavy (non-hydrogen) atoms. The number of alkyl halides is 6. The summed E-state index contributed by atoms with van der Waals surface area (Å²) >= 11 is 0. The van der Waals surface area contributed by atoms with E-state index < -0.39 is 23.5 Å². The molecule has 0 spiro atoms. The van der Waals surface area contributed by atoms with Crippen LogP contribution < -0.4 is 0 Å². The van der Waals surface area contributed by atoms with Crippen LogP contribution in [0.2, 0.25) is 0 Å². The van der Waals surface area contributed by atoms with Gasteiger partial charge in [-0.25, -0.2) is 9.37 Å². The smallest absolute Gasteiger partial charge is 0.377 e. The lowest BCUT2D eigenvalue weighted by molar-refractivity contribution is -0.143. The van der Waals surface area contributed by atoms with Gasteiger partial charge in [-0.15, -0.1) is 0 Å². The largest absolute Gasteiger partial charge is 0.416 e. The molecule has 0 unspecified atom stereocenters. The fraction of sp³-hybridized carbons (Fsp3) is 0.462. The van der Waals surface area contributed by atoms with Gasteiger partial charge in [0.2, 0.25) is 0 Å². The maximum atomic E-state index is 13.6. The van der Waals surface area contributed by atoms with E-state index in [9.17, 15) is 30.7 Å². The Balaban J connectivity index is 1.52. The normalized spacial score (nSPS) is 20.4. The molecule has 1 aliphatic carbocycles. The molecule has 1 heterocycles. The van der Waals surface area contributed by atoms with Crippen molar-refractivity contribution in [2.45, 2.75) is 63.1 Å². The first-order valence-electron chi connectivity index (χ1n) is 12.2. The van der Waals surface area contributed by atoms with Crippen molar-refractivity contribution >= 4 is 0 Å². The van der Waals surface area contributed by atoms with Crippen LogP contribution in [0.5, 0.6) is 0 Å². The number of nitrogens with one attached hydrogen (secondary N) is 1. The first kappa shape index (κ1) is 28.0. The van der Waals surface area contributed by atoms with Crippen molar-refractivity contribution in [3.8, 4) is 0 Å². The van der Waals surface area contributed by atoms with Gasteiger partial charge in [-0.2, -0.15) is 31.4 Å². The van der Waals surface area contributed by atoms with Crippen LogP contribution in [-0.2, 0) is 30.1 Å². The molecular weight excluding hydrogens is 517 g/mol. The van der Waals surface area contributed by atoms with Gasteiger partial charge in [0, 0.05) is 12.0 Å². The van der Waals surface area contributed by atoms with E-state index in [1.807, 2.05) is 6.92 Å². The second kappa shape index (κ2) is 11.4. The Morgan fingerprint density at radius 3 is 2.18 bits per heavy atom. The van der Waals surface area contributed by atoms with Gasteiger partial charge in [-0.05, 0) is 67.3 Å². The first-order chi connectivity index (χ1) is 18.0. The topological polar surface area (TPSA) is 54.0 Å². The number of hydrogen-bond acceptors (Lipinski definition) is 4. The van der Waals surface area contributed by atoms with Gasteiger partial charge in [0.05, 0.1) is 30.4 Å². The number of aromatic nitrogens is 3. The maximum absolute atomic E-state index is 13.6. The zero-order valence-electron chi connectivity index (χ0n) is 20.5. The molecule has 5 nitrogen and oxygen atoms in total. The van der Waals surface area contributed by atoms with Crippen LogP contribution in [-0.4, -0.2) is 45.4 Å². The van der Waals surface area contributed by atoms with Crippen molar-refractivity contribution < 1.29 is 35.5 Å². The van der Waals surface area contributed by atoms with Crippen molar-refractivity contribution in [3.05, 3.63) is 82.7 Å². The minimum atomic E-state index is -4.91. The van der Waals surface area contributed by atoms with Crippen molar-refractivity contribution in [2.24, 2.45) is 0 Å². The second-order valence-corrected chi connectivity index (χ2v) is 9.27.